The molecule has 0 radical (unpaired) electrons. The molecule has 0 saturated heterocycles. The number of aromatic carboxylic acids is 1. The Labute approximate surface area is 211 Å². The normalized spacial score (nSPS) is 15.6. The lowest BCUT2D eigenvalue weighted by Crippen LogP contribution is -2.33. The van der Waals surface area contributed by atoms with Crippen LogP contribution in [0, 0.1) is 0 Å². The largest absolute Gasteiger partial charge is 0.478 e. The quantitative estimate of drug-likeness (QED) is 0.412. The Morgan fingerprint density at radius 3 is 2.38 bits per heavy atom. The third kappa shape index (κ3) is 7.27. The van der Waals surface area contributed by atoms with Gasteiger partial charge in [-0.25, -0.2) is 18.4 Å². The Bertz CT molecular complexity index is 1100. The SMILES string of the molecule is CN(CCCS(N)(=O)=O)CCN(C)CCn1c(Br)c(C2CCCCC2)c2ccc(C(=O)O)cc21. The number of nitrogens with zero attached hydrogens (tertiary/aromatic N) is 3. The van der Waals surface area contributed by atoms with E-state index < -0.39 is 16.0 Å². The number of primary sulfonamides is 1. The zero-order chi connectivity index (χ0) is 24.9. The first-order valence-corrected chi connectivity index (χ1v) is 14.5. The van der Waals surface area contributed by atoms with Crippen molar-refractivity contribution in [2.24, 2.45) is 5.14 Å². The number of nitrogens with two attached hydrogens (primary N) is 1. The molecule has 0 unspecified atom stereocenters. The molecule has 1 aromatic heterocycles. The fourth-order valence-corrected chi connectivity index (χ4v) is 6.28. The number of likely N-dealkylation sites (N-methyl/N-ethyl adjacent to an activating group) is 2. The number of carboxylic acids is 1. The molecule has 3 N–H and O–H groups in total. The molecule has 1 saturated carbocycles. The molecule has 1 aromatic carbocycles. The van der Waals surface area contributed by atoms with Crippen molar-refractivity contribution in [1.29, 1.82) is 0 Å². The second-order valence-electron chi connectivity index (χ2n) is 9.56. The number of carboxylic acid groups (broad SMARTS) is 1. The number of hydrogen-bond donors (Lipinski definition) is 2. The van der Waals surface area contributed by atoms with Gasteiger partial charge in [0.1, 0.15) is 0 Å². The van der Waals surface area contributed by atoms with Crippen LogP contribution in [0.4, 0.5) is 0 Å². The topological polar surface area (TPSA) is 109 Å². The van der Waals surface area contributed by atoms with Gasteiger partial charge in [-0.2, -0.15) is 0 Å². The summed E-state index contributed by atoms with van der Waals surface area (Å²) >= 11 is 3.88. The van der Waals surface area contributed by atoms with E-state index in [9.17, 15) is 18.3 Å². The van der Waals surface area contributed by atoms with Crippen molar-refractivity contribution in [1.82, 2.24) is 14.4 Å². The minimum Gasteiger partial charge on any atom is -0.478 e. The van der Waals surface area contributed by atoms with Crippen LogP contribution in [0.1, 0.15) is 60.4 Å². The standard InChI is InChI=1S/C24H37BrN4O4S/c1-27(11-6-16-34(26,32)33)12-13-28(2)14-15-29-21-17-19(24(30)31)9-10-20(21)22(23(29)25)18-7-4-3-5-8-18/h9-10,17-18H,3-8,11-16H2,1-2H3,(H,30,31)(H2,26,32,33). The molecular formula is C24H37BrN4O4S. The summed E-state index contributed by atoms with van der Waals surface area (Å²) in [7, 11) is 0.647. The van der Waals surface area contributed by atoms with Gasteiger partial charge in [0.25, 0.3) is 0 Å². The lowest BCUT2D eigenvalue weighted by molar-refractivity contribution is 0.0697. The Kier molecular flexibility index (Phi) is 9.57. The lowest BCUT2D eigenvalue weighted by Gasteiger charge is -2.23. The molecular weight excluding hydrogens is 520 g/mol. The van der Waals surface area contributed by atoms with Crippen molar-refractivity contribution < 1.29 is 18.3 Å². The molecule has 0 atom stereocenters. The number of fused-ring (bicyclic) bond motifs is 1. The minimum absolute atomic E-state index is 0.00354. The summed E-state index contributed by atoms with van der Waals surface area (Å²) < 4.78 is 25.5. The summed E-state index contributed by atoms with van der Waals surface area (Å²) in [5, 5.41) is 15.8. The summed E-state index contributed by atoms with van der Waals surface area (Å²) in [6.07, 6.45) is 6.65. The van der Waals surface area contributed by atoms with Crippen LogP contribution in [0.5, 0.6) is 0 Å². The number of rotatable bonds is 12. The molecule has 1 aliphatic rings. The second kappa shape index (κ2) is 12.0. The fraction of sp³-hybridized carbons (Fsp3) is 0.625. The number of sulfonamides is 1. The average Bonchev–Trinajstić information content (AvgIpc) is 3.06. The number of hydrogen-bond acceptors (Lipinski definition) is 5. The smallest absolute Gasteiger partial charge is 0.335 e. The fourth-order valence-electron chi connectivity index (χ4n) is 4.85. The zero-order valence-electron chi connectivity index (χ0n) is 20.2. The van der Waals surface area contributed by atoms with E-state index in [0.29, 0.717) is 24.4 Å². The van der Waals surface area contributed by atoms with Gasteiger partial charge in [0, 0.05) is 31.6 Å². The van der Waals surface area contributed by atoms with Crippen LogP contribution in [0.3, 0.4) is 0 Å². The molecule has 34 heavy (non-hydrogen) atoms. The van der Waals surface area contributed by atoms with Crippen molar-refractivity contribution in [3.63, 3.8) is 0 Å². The molecule has 1 heterocycles. The highest BCUT2D eigenvalue weighted by Gasteiger charge is 2.25. The first kappa shape index (κ1) is 27.1. The van der Waals surface area contributed by atoms with E-state index in [1.54, 1.807) is 12.1 Å². The van der Waals surface area contributed by atoms with Crippen molar-refractivity contribution in [3.05, 3.63) is 33.9 Å². The molecule has 0 aliphatic heterocycles. The number of carbonyl (C=O) groups is 1. The predicted molar refractivity (Wildman–Crippen MR) is 140 cm³/mol. The Morgan fingerprint density at radius 2 is 1.76 bits per heavy atom. The molecule has 8 nitrogen and oxygen atoms in total. The molecule has 0 spiro atoms. The van der Waals surface area contributed by atoms with Crippen LogP contribution < -0.4 is 5.14 Å². The van der Waals surface area contributed by atoms with Crippen LogP contribution in [0.2, 0.25) is 0 Å². The monoisotopic (exact) mass is 556 g/mol. The highest BCUT2D eigenvalue weighted by Crippen LogP contribution is 2.42. The molecule has 2 aromatic rings. The van der Waals surface area contributed by atoms with Gasteiger partial charge in [-0.1, -0.05) is 25.3 Å². The molecule has 1 aliphatic carbocycles. The van der Waals surface area contributed by atoms with Gasteiger partial charge in [0.05, 0.1) is 21.4 Å². The van der Waals surface area contributed by atoms with Crippen molar-refractivity contribution in [2.45, 2.75) is 51.0 Å². The van der Waals surface area contributed by atoms with Crippen LogP contribution in [-0.4, -0.2) is 79.9 Å². The maximum Gasteiger partial charge on any atom is 0.335 e. The van der Waals surface area contributed by atoms with E-state index in [-0.39, 0.29) is 5.75 Å². The summed E-state index contributed by atoms with van der Waals surface area (Å²) in [5.41, 5.74) is 2.60. The Balaban J connectivity index is 1.68. The highest BCUT2D eigenvalue weighted by atomic mass is 79.9. The van der Waals surface area contributed by atoms with E-state index in [1.165, 1.54) is 37.7 Å². The number of aromatic nitrogens is 1. The predicted octanol–water partition coefficient (Wildman–Crippen LogP) is 3.69. The number of halogens is 1. The average molecular weight is 558 g/mol. The van der Waals surface area contributed by atoms with E-state index in [1.807, 2.05) is 13.1 Å². The zero-order valence-corrected chi connectivity index (χ0v) is 22.6. The summed E-state index contributed by atoms with van der Waals surface area (Å²) in [6, 6.07) is 5.49. The first-order chi connectivity index (χ1) is 16.1. The number of benzene rings is 1. The maximum atomic E-state index is 11.6. The van der Waals surface area contributed by atoms with E-state index in [2.05, 4.69) is 37.3 Å². The van der Waals surface area contributed by atoms with Crippen molar-refractivity contribution in [3.8, 4) is 0 Å². The molecule has 0 bridgehead atoms. The third-order valence-electron chi connectivity index (χ3n) is 6.84. The Morgan fingerprint density at radius 1 is 1.12 bits per heavy atom. The lowest BCUT2D eigenvalue weighted by atomic mass is 9.84. The van der Waals surface area contributed by atoms with Gasteiger partial charge in [-0.3, -0.25) is 0 Å². The van der Waals surface area contributed by atoms with Crippen LogP contribution >= 0.6 is 15.9 Å². The van der Waals surface area contributed by atoms with Crippen molar-refractivity contribution in [2.75, 3.05) is 46.0 Å². The van der Waals surface area contributed by atoms with E-state index in [4.69, 9.17) is 5.14 Å². The van der Waals surface area contributed by atoms with Crippen molar-refractivity contribution >= 4 is 42.8 Å². The third-order valence-corrected chi connectivity index (χ3v) is 8.55. The van der Waals surface area contributed by atoms with Crippen LogP contribution in [0.25, 0.3) is 10.9 Å². The van der Waals surface area contributed by atoms with Gasteiger partial charge in [-0.05, 0) is 79.4 Å². The first-order valence-electron chi connectivity index (χ1n) is 12.0. The van der Waals surface area contributed by atoms with Gasteiger partial charge >= 0.3 is 5.97 Å². The molecule has 10 heteroatoms. The maximum absolute atomic E-state index is 11.6. The second-order valence-corrected chi connectivity index (χ2v) is 12.0. The van der Waals surface area contributed by atoms with Gasteiger partial charge in [0.2, 0.25) is 10.0 Å². The summed E-state index contributed by atoms with van der Waals surface area (Å²) in [4.78, 5) is 16.0. The molecule has 3 rings (SSSR count). The van der Waals surface area contributed by atoms with Gasteiger partial charge in [0.15, 0.2) is 0 Å². The van der Waals surface area contributed by atoms with E-state index >= 15 is 0 Å². The molecule has 190 valence electrons. The van der Waals surface area contributed by atoms with E-state index in [0.717, 1.165) is 41.7 Å². The minimum atomic E-state index is -3.41. The van der Waals surface area contributed by atoms with Gasteiger partial charge in [-0.15, -0.1) is 0 Å². The molecule has 0 amide bonds. The molecule has 1 fully saturated rings. The van der Waals surface area contributed by atoms with Crippen LogP contribution in [-0.2, 0) is 16.6 Å². The van der Waals surface area contributed by atoms with Crippen LogP contribution in [0.15, 0.2) is 22.8 Å². The Hall–Kier alpha value is -1.46. The summed E-state index contributed by atoms with van der Waals surface area (Å²) in [6.45, 7) is 3.91. The highest BCUT2D eigenvalue weighted by molar-refractivity contribution is 9.10. The van der Waals surface area contributed by atoms with Gasteiger partial charge < -0.3 is 19.5 Å². The summed E-state index contributed by atoms with van der Waals surface area (Å²) in [5.74, 6) is -0.400.